The zero-order valence-electron chi connectivity index (χ0n) is 11.7. The summed E-state index contributed by atoms with van der Waals surface area (Å²) < 4.78 is 12.4. The van der Waals surface area contributed by atoms with Gasteiger partial charge in [-0.2, -0.15) is 0 Å². The van der Waals surface area contributed by atoms with E-state index in [4.69, 9.17) is 32.7 Å². The number of fused-ring (bicyclic) bond motifs is 1. The fraction of sp³-hybridized carbons (Fsp3) is 0.200. The third-order valence-corrected chi connectivity index (χ3v) is 3.89. The number of hydrogen-bond donors (Lipinski definition) is 0. The van der Waals surface area contributed by atoms with Gasteiger partial charge in [-0.25, -0.2) is 9.78 Å². The Balaban J connectivity index is 1.72. The van der Waals surface area contributed by atoms with Crippen molar-refractivity contribution in [1.82, 2.24) is 9.55 Å². The van der Waals surface area contributed by atoms with E-state index in [0.717, 1.165) is 5.56 Å². The second kappa shape index (κ2) is 6.02. The molecule has 1 aliphatic rings. The minimum absolute atomic E-state index is 0.0434. The highest BCUT2D eigenvalue weighted by molar-refractivity contribution is 6.30. The van der Waals surface area contributed by atoms with E-state index in [2.05, 4.69) is 4.98 Å². The smallest absolute Gasteiger partial charge is 0.337 e. The van der Waals surface area contributed by atoms with Crippen LogP contribution >= 0.6 is 23.2 Å². The van der Waals surface area contributed by atoms with Gasteiger partial charge in [0.15, 0.2) is 0 Å². The lowest BCUT2D eigenvalue weighted by molar-refractivity contribution is -0.140. The Kier molecular flexibility index (Phi) is 4.09. The summed E-state index contributed by atoms with van der Waals surface area (Å²) in [6.07, 6.45) is 3.23. The topological polar surface area (TPSA) is 53.4 Å². The minimum Gasteiger partial charge on any atom is -0.488 e. The van der Waals surface area contributed by atoms with Gasteiger partial charge in [0.25, 0.3) is 0 Å². The maximum Gasteiger partial charge on any atom is 0.337 e. The lowest BCUT2D eigenvalue weighted by Gasteiger charge is -2.17. The van der Waals surface area contributed by atoms with E-state index in [0.29, 0.717) is 27.3 Å². The quantitative estimate of drug-likeness (QED) is 0.806. The molecule has 114 valence electrons. The number of esters is 1. The van der Waals surface area contributed by atoms with Gasteiger partial charge < -0.3 is 14.0 Å². The Labute approximate surface area is 137 Å². The predicted molar refractivity (Wildman–Crippen MR) is 82.9 cm³/mol. The average Bonchev–Trinajstić information content (AvgIpc) is 2.83. The summed E-state index contributed by atoms with van der Waals surface area (Å²) in [5.74, 6) is 0.806. The summed E-state index contributed by atoms with van der Waals surface area (Å²) in [7, 11) is 1.75. The van der Waals surface area contributed by atoms with E-state index >= 15 is 0 Å². The summed E-state index contributed by atoms with van der Waals surface area (Å²) in [5.41, 5.74) is 1.18. The second-order valence-electron chi connectivity index (χ2n) is 4.77. The summed E-state index contributed by atoms with van der Waals surface area (Å²) in [6, 6.07) is 5.25. The number of carbonyl (C=O) groups excluding carboxylic acids is 1. The molecule has 2 aromatic rings. The molecule has 0 aliphatic carbocycles. The Hall–Kier alpha value is -1.98. The van der Waals surface area contributed by atoms with Gasteiger partial charge >= 0.3 is 5.97 Å². The summed E-state index contributed by atoms with van der Waals surface area (Å²) in [6.45, 7) is 0.205. The van der Waals surface area contributed by atoms with Crippen molar-refractivity contribution in [3.63, 3.8) is 0 Å². The lowest BCUT2D eigenvalue weighted by atomic mass is 10.1. The Morgan fingerprint density at radius 2 is 2.27 bits per heavy atom. The van der Waals surface area contributed by atoms with Gasteiger partial charge in [0, 0.05) is 17.6 Å². The van der Waals surface area contributed by atoms with Crippen LogP contribution in [0.25, 0.3) is 6.08 Å². The highest BCUT2D eigenvalue weighted by atomic mass is 35.5. The van der Waals surface area contributed by atoms with Crippen molar-refractivity contribution in [2.24, 2.45) is 7.05 Å². The largest absolute Gasteiger partial charge is 0.488 e. The molecule has 7 heteroatoms. The lowest BCUT2D eigenvalue weighted by Crippen LogP contribution is -2.18. The van der Waals surface area contributed by atoms with Crippen molar-refractivity contribution >= 4 is 35.2 Å². The number of rotatable bonds is 3. The number of ether oxygens (including phenoxy) is 2. The third-order valence-electron chi connectivity index (χ3n) is 3.31. The van der Waals surface area contributed by atoms with Crippen molar-refractivity contribution in [3.8, 4) is 5.75 Å². The zero-order chi connectivity index (χ0) is 15.7. The molecule has 0 fully saturated rings. The Morgan fingerprint density at radius 3 is 3.00 bits per heavy atom. The molecule has 1 aromatic carbocycles. The molecule has 5 nitrogen and oxygen atoms in total. The van der Waals surface area contributed by atoms with Crippen molar-refractivity contribution in [2.75, 3.05) is 6.61 Å². The van der Waals surface area contributed by atoms with E-state index in [9.17, 15) is 4.79 Å². The van der Waals surface area contributed by atoms with Crippen LogP contribution in [-0.2, 0) is 23.2 Å². The predicted octanol–water partition coefficient (Wildman–Crippen LogP) is 3.25. The Morgan fingerprint density at radius 1 is 1.45 bits per heavy atom. The van der Waals surface area contributed by atoms with Gasteiger partial charge in [-0.15, -0.1) is 0 Å². The molecular formula is C15H12Cl2N2O3. The molecule has 0 radical (unpaired) electrons. The Bertz CT molecular complexity index is 768. The maximum absolute atomic E-state index is 12.1. The average molecular weight is 339 g/mol. The van der Waals surface area contributed by atoms with Crippen LogP contribution in [0.3, 0.4) is 0 Å². The first-order valence-corrected chi connectivity index (χ1v) is 7.26. The van der Waals surface area contributed by atoms with Crippen molar-refractivity contribution in [3.05, 3.63) is 51.5 Å². The molecule has 0 unspecified atom stereocenters. The van der Waals surface area contributed by atoms with Crippen LogP contribution in [0.5, 0.6) is 5.75 Å². The molecule has 0 saturated heterocycles. The van der Waals surface area contributed by atoms with E-state index < -0.39 is 5.97 Å². The molecule has 1 aliphatic heterocycles. The molecule has 0 spiro atoms. The van der Waals surface area contributed by atoms with E-state index in [1.54, 1.807) is 35.9 Å². The highest BCUT2D eigenvalue weighted by Gasteiger charge is 2.19. The third kappa shape index (κ3) is 2.96. The number of carbonyl (C=O) groups is 1. The van der Waals surface area contributed by atoms with Crippen LogP contribution in [0.1, 0.15) is 11.4 Å². The number of imidazole rings is 1. The number of halogens is 2. The van der Waals surface area contributed by atoms with E-state index in [1.807, 2.05) is 0 Å². The summed E-state index contributed by atoms with van der Waals surface area (Å²) in [5, 5.41) is 1.06. The first kappa shape index (κ1) is 14.9. The normalized spacial score (nSPS) is 13.1. The van der Waals surface area contributed by atoms with Gasteiger partial charge in [-0.1, -0.05) is 23.2 Å². The zero-order valence-corrected chi connectivity index (χ0v) is 13.2. The van der Waals surface area contributed by atoms with Crippen LogP contribution < -0.4 is 4.74 Å². The van der Waals surface area contributed by atoms with Crippen LogP contribution in [-0.4, -0.2) is 22.1 Å². The monoisotopic (exact) mass is 338 g/mol. The SMILES string of the molecule is Cn1c(Cl)cnc1COC(=O)C1=Cc2cc(Cl)ccc2OC1. The number of nitrogens with zero attached hydrogens (tertiary/aromatic N) is 2. The minimum atomic E-state index is -0.454. The van der Waals surface area contributed by atoms with Crippen molar-refractivity contribution < 1.29 is 14.3 Å². The molecule has 1 aromatic heterocycles. The van der Waals surface area contributed by atoms with Crippen molar-refractivity contribution in [2.45, 2.75) is 6.61 Å². The van der Waals surface area contributed by atoms with Crippen LogP contribution in [0.4, 0.5) is 0 Å². The van der Waals surface area contributed by atoms with Gasteiger partial charge in [-0.05, 0) is 24.3 Å². The molecule has 0 N–H and O–H groups in total. The number of benzene rings is 1. The standard InChI is InChI=1S/C15H12Cl2N2O3/c1-19-13(17)6-18-14(19)8-22-15(20)10-4-9-5-11(16)2-3-12(9)21-7-10/h2-6H,7-8H2,1H3. The highest BCUT2D eigenvalue weighted by Crippen LogP contribution is 2.29. The summed E-state index contributed by atoms with van der Waals surface area (Å²) in [4.78, 5) is 16.2. The van der Waals surface area contributed by atoms with Crippen LogP contribution in [0.15, 0.2) is 30.0 Å². The number of hydrogen-bond acceptors (Lipinski definition) is 4. The molecule has 3 rings (SSSR count). The molecular weight excluding hydrogens is 327 g/mol. The molecule has 0 saturated carbocycles. The van der Waals surface area contributed by atoms with E-state index in [-0.39, 0.29) is 13.2 Å². The van der Waals surface area contributed by atoms with E-state index in [1.165, 1.54) is 6.20 Å². The first-order chi connectivity index (χ1) is 10.5. The fourth-order valence-electron chi connectivity index (χ4n) is 2.05. The van der Waals surface area contributed by atoms with Gasteiger partial charge in [0.05, 0.1) is 11.8 Å². The van der Waals surface area contributed by atoms with Crippen LogP contribution in [0, 0.1) is 0 Å². The second-order valence-corrected chi connectivity index (χ2v) is 5.60. The molecule has 2 heterocycles. The maximum atomic E-state index is 12.1. The van der Waals surface area contributed by atoms with Gasteiger partial charge in [0.2, 0.25) is 0 Å². The molecule has 22 heavy (non-hydrogen) atoms. The summed E-state index contributed by atoms with van der Waals surface area (Å²) >= 11 is 11.8. The first-order valence-electron chi connectivity index (χ1n) is 6.51. The van der Waals surface area contributed by atoms with Crippen LogP contribution in [0.2, 0.25) is 10.2 Å². The molecule has 0 amide bonds. The molecule has 0 atom stereocenters. The fourth-order valence-corrected chi connectivity index (χ4v) is 2.37. The molecule has 0 bridgehead atoms. The van der Waals surface area contributed by atoms with Gasteiger partial charge in [-0.3, -0.25) is 0 Å². The van der Waals surface area contributed by atoms with Gasteiger partial charge in [0.1, 0.15) is 29.9 Å². The van der Waals surface area contributed by atoms with Crippen molar-refractivity contribution in [1.29, 1.82) is 0 Å². The number of aromatic nitrogens is 2.